The number of rotatable bonds is 2. The van der Waals surface area contributed by atoms with Gasteiger partial charge in [-0.3, -0.25) is 0 Å². The van der Waals surface area contributed by atoms with Gasteiger partial charge < -0.3 is 9.64 Å². The number of para-hydroxylation sites is 4. The van der Waals surface area contributed by atoms with Crippen molar-refractivity contribution >= 4 is 50.3 Å². The largest absolute Gasteiger partial charge is 0.453 e. The third-order valence-electron chi connectivity index (χ3n) is 14.6. The summed E-state index contributed by atoms with van der Waals surface area (Å²) in [7, 11) is 0. The van der Waals surface area contributed by atoms with E-state index in [-0.39, 0.29) is 11.3 Å². The minimum atomic E-state index is -0.669. The molecule has 2 heterocycles. The summed E-state index contributed by atoms with van der Waals surface area (Å²) in [4.78, 5) is 2.46. The number of hydrogen-bond donors (Lipinski definition) is 0. The summed E-state index contributed by atoms with van der Waals surface area (Å²) >= 11 is 0. The van der Waals surface area contributed by atoms with Gasteiger partial charge in [0.15, 0.2) is 11.5 Å². The first-order chi connectivity index (χ1) is 30.6. The van der Waals surface area contributed by atoms with Crippen LogP contribution in [0.5, 0.6) is 11.5 Å². The quantitative estimate of drug-likeness (QED) is 0.162. The third kappa shape index (κ3) is 4.33. The Morgan fingerprint density at radius 1 is 0.516 bits per heavy atom. The first kappa shape index (κ1) is 34.1. The zero-order valence-electron chi connectivity index (χ0n) is 34.1. The summed E-state index contributed by atoms with van der Waals surface area (Å²) in [5.41, 5.74) is 15.3. The number of anilines is 3. The van der Waals surface area contributed by atoms with Gasteiger partial charge in [-0.1, -0.05) is 177 Å². The van der Waals surface area contributed by atoms with Crippen LogP contribution in [0, 0.1) is 11.3 Å². The highest BCUT2D eigenvalue weighted by molar-refractivity contribution is 6.13. The lowest BCUT2D eigenvalue weighted by Gasteiger charge is -2.47. The van der Waals surface area contributed by atoms with Crippen molar-refractivity contribution < 1.29 is 4.74 Å². The van der Waals surface area contributed by atoms with E-state index in [1.165, 1.54) is 93.3 Å². The van der Waals surface area contributed by atoms with Crippen LogP contribution in [0.2, 0.25) is 0 Å². The summed E-state index contributed by atoms with van der Waals surface area (Å²) in [6.07, 6.45) is 11.7. The molecular formula is C60H39NO. The van der Waals surface area contributed by atoms with Crippen molar-refractivity contribution in [2.24, 2.45) is 11.3 Å². The fraction of sp³-hybridized carbons (Fsp3) is 0.0667. The maximum absolute atomic E-state index is 6.87. The average Bonchev–Trinajstić information content (AvgIpc) is 3.60. The van der Waals surface area contributed by atoms with Crippen LogP contribution in [-0.2, 0) is 5.41 Å². The maximum atomic E-state index is 6.87. The van der Waals surface area contributed by atoms with Crippen molar-refractivity contribution in [2.45, 2.75) is 12.3 Å². The van der Waals surface area contributed by atoms with Gasteiger partial charge in [0, 0.05) is 11.3 Å². The molecule has 3 unspecified atom stereocenters. The molecule has 0 fully saturated rings. The Morgan fingerprint density at radius 2 is 1.16 bits per heavy atom. The predicted molar refractivity (Wildman–Crippen MR) is 255 cm³/mol. The number of benzene rings is 9. The van der Waals surface area contributed by atoms with Crippen LogP contribution in [0.15, 0.2) is 206 Å². The minimum Gasteiger partial charge on any atom is -0.453 e. The van der Waals surface area contributed by atoms with Crippen LogP contribution in [0.3, 0.4) is 0 Å². The second-order valence-corrected chi connectivity index (χ2v) is 17.8. The highest BCUT2D eigenvalue weighted by atomic mass is 16.5. The molecule has 3 atom stereocenters. The first-order valence-electron chi connectivity index (χ1n) is 21.8. The fourth-order valence-corrected chi connectivity index (χ4v) is 12.0. The molecule has 9 aromatic carbocycles. The van der Waals surface area contributed by atoms with Crippen molar-refractivity contribution in [3.05, 3.63) is 245 Å². The number of hydrogen-bond acceptors (Lipinski definition) is 2. The van der Waals surface area contributed by atoms with E-state index >= 15 is 0 Å². The molecule has 0 amide bonds. The summed E-state index contributed by atoms with van der Waals surface area (Å²) in [5.74, 6) is 1.93. The predicted octanol–water partition coefficient (Wildman–Crippen LogP) is 13.7. The molecule has 0 N–H and O–H groups in total. The molecule has 0 radical (unpaired) electrons. The third-order valence-corrected chi connectivity index (χ3v) is 14.6. The van der Waals surface area contributed by atoms with E-state index in [4.69, 9.17) is 4.74 Å². The van der Waals surface area contributed by atoms with Crippen molar-refractivity contribution in [3.63, 3.8) is 0 Å². The highest BCUT2D eigenvalue weighted by Gasteiger charge is 2.54. The molecular weight excluding hydrogens is 751 g/mol. The van der Waals surface area contributed by atoms with Gasteiger partial charge in [0.1, 0.15) is 0 Å². The fourth-order valence-electron chi connectivity index (χ4n) is 12.0. The molecule has 0 saturated carbocycles. The molecule has 0 aromatic heterocycles. The number of fused-ring (bicyclic) bond motifs is 15. The molecule has 290 valence electrons. The molecule has 9 aromatic rings. The number of ether oxygens (including phenoxy) is 1. The molecule has 14 rings (SSSR count). The normalized spacial score (nSPS) is 20.4. The van der Waals surface area contributed by atoms with Crippen molar-refractivity contribution in [3.8, 4) is 33.8 Å². The number of nitrogens with zero attached hydrogens (tertiary/aromatic N) is 1. The molecule has 0 saturated heterocycles. The van der Waals surface area contributed by atoms with Crippen LogP contribution in [-0.4, -0.2) is 0 Å². The van der Waals surface area contributed by atoms with Gasteiger partial charge in [-0.05, 0) is 130 Å². The van der Waals surface area contributed by atoms with Crippen LogP contribution in [0.4, 0.5) is 17.1 Å². The van der Waals surface area contributed by atoms with Crippen LogP contribution >= 0.6 is 0 Å². The van der Waals surface area contributed by atoms with Crippen LogP contribution < -0.4 is 20.1 Å². The highest BCUT2D eigenvalue weighted by Crippen LogP contribution is 2.67. The topological polar surface area (TPSA) is 12.5 Å². The monoisotopic (exact) mass is 789 g/mol. The molecule has 5 aliphatic rings. The second-order valence-electron chi connectivity index (χ2n) is 17.8. The molecule has 2 nitrogen and oxygen atoms in total. The lowest BCUT2D eigenvalue weighted by molar-refractivity contribution is 0.473. The Bertz CT molecular complexity index is 3610. The van der Waals surface area contributed by atoms with Crippen molar-refractivity contribution in [2.75, 3.05) is 4.90 Å². The summed E-state index contributed by atoms with van der Waals surface area (Å²) in [6, 6.07) is 68.1. The van der Waals surface area contributed by atoms with E-state index in [1.54, 1.807) is 0 Å². The first-order valence-corrected chi connectivity index (χ1v) is 21.8. The van der Waals surface area contributed by atoms with Gasteiger partial charge in [-0.2, -0.15) is 0 Å². The van der Waals surface area contributed by atoms with E-state index in [1.807, 2.05) is 0 Å². The zero-order valence-corrected chi connectivity index (χ0v) is 34.1. The average molecular weight is 790 g/mol. The summed E-state index contributed by atoms with van der Waals surface area (Å²) < 4.78 is 6.87. The Morgan fingerprint density at radius 3 is 1.98 bits per heavy atom. The second kappa shape index (κ2) is 12.2. The van der Waals surface area contributed by atoms with Crippen molar-refractivity contribution in [1.82, 2.24) is 0 Å². The molecule has 2 aliphatic heterocycles. The lowest BCUT2D eigenvalue weighted by atomic mass is 9.63. The van der Waals surface area contributed by atoms with Crippen molar-refractivity contribution in [1.29, 1.82) is 0 Å². The maximum Gasteiger partial charge on any atom is 0.151 e. The van der Waals surface area contributed by atoms with Crippen LogP contribution in [0.25, 0.3) is 55.4 Å². The smallest absolute Gasteiger partial charge is 0.151 e. The summed E-state index contributed by atoms with van der Waals surface area (Å²) in [5, 5.41) is 7.61. The van der Waals surface area contributed by atoms with E-state index < -0.39 is 5.41 Å². The van der Waals surface area contributed by atoms with Crippen LogP contribution in [0.1, 0.15) is 34.7 Å². The molecule has 3 aliphatic carbocycles. The van der Waals surface area contributed by atoms with Gasteiger partial charge in [-0.15, -0.1) is 0 Å². The molecule has 1 spiro atoms. The van der Waals surface area contributed by atoms with Gasteiger partial charge in [0.2, 0.25) is 0 Å². The summed E-state index contributed by atoms with van der Waals surface area (Å²) in [6.45, 7) is 2.39. The Balaban J connectivity index is 1.12. The van der Waals surface area contributed by atoms with E-state index in [9.17, 15) is 0 Å². The molecule has 62 heavy (non-hydrogen) atoms. The van der Waals surface area contributed by atoms with E-state index in [0.29, 0.717) is 0 Å². The van der Waals surface area contributed by atoms with Gasteiger partial charge in [0.05, 0.1) is 22.5 Å². The standard InChI is InChI=1S/C60H39NO/c1-59-32-13-12-22-48(59)57(44-20-7-4-17-41(44)36-59)40-29-31-46-45-30-28-39(56-42-18-5-2-15-37(42)33-38-16-3-6-19-43(38)56)34-50(45)60(51(46)35-40)47-21-8-9-24-52(47)61-53-25-10-11-26-54(53)62-55-27-14-23-49(60)58(55)61/h2-36,48H,1H3. The number of allylic oxidation sites excluding steroid dienone is 4. The molecule has 2 heteroatoms. The van der Waals surface area contributed by atoms with Gasteiger partial charge in [-0.25, -0.2) is 0 Å². The van der Waals surface area contributed by atoms with Gasteiger partial charge in [0.25, 0.3) is 0 Å². The Hall–Kier alpha value is -7.68. The lowest BCUT2D eigenvalue weighted by Crippen LogP contribution is -2.41. The SMILES string of the molecule is CC12C=CC=CC1C(c1ccc3c(c1)C1(c4cc(-c5c6ccccc6cc6ccccc56)ccc4-3)c3ccccc3N3c4ccccc4Oc4cccc1c43)=c1ccccc1=C2. The van der Waals surface area contributed by atoms with E-state index in [2.05, 4.69) is 224 Å². The minimum absolute atomic E-state index is 0.143. The zero-order chi connectivity index (χ0) is 40.7. The Labute approximate surface area is 360 Å². The van der Waals surface area contributed by atoms with E-state index in [0.717, 1.165) is 22.9 Å². The molecule has 0 bridgehead atoms. The van der Waals surface area contributed by atoms with Gasteiger partial charge >= 0.3 is 0 Å². The Kier molecular flexibility index (Phi) is 6.71.